The van der Waals surface area contributed by atoms with Crippen LogP contribution in [0.5, 0.6) is 5.19 Å². The van der Waals surface area contributed by atoms with Crippen LogP contribution in [0.4, 0.5) is 11.6 Å². The molecule has 2 heterocycles. The van der Waals surface area contributed by atoms with E-state index in [-0.39, 0.29) is 0 Å². The van der Waals surface area contributed by atoms with E-state index in [2.05, 4.69) is 20.3 Å². The van der Waals surface area contributed by atoms with Crippen molar-refractivity contribution in [2.24, 2.45) is 0 Å². The van der Waals surface area contributed by atoms with Crippen LogP contribution in [0.15, 0.2) is 36.5 Å². The molecule has 0 unspecified atom stereocenters. The summed E-state index contributed by atoms with van der Waals surface area (Å²) in [5.74, 6) is 0.495. The molecule has 0 aliphatic carbocycles. The van der Waals surface area contributed by atoms with Gasteiger partial charge in [0.25, 0.3) is 5.19 Å². The average Bonchev–Trinajstić information content (AvgIpc) is 2.96. The number of hydrogen-bond acceptors (Lipinski definition) is 7. The van der Waals surface area contributed by atoms with Crippen LogP contribution < -0.4 is 10.1 Å². The minimum absolute atomic E-state index is 0.467. The van der Waals surface area contributed by atoms with Gasteiger partial charge in [0, 0.05) is 24.0 Å². The fraction of sp³-hybridized carbons (Fsp3) is 0.235. The van der Waals surface area contributed by atoms with Crippen molar-refractivity contribution in [3.63, 3.8) is 0 Å². The maximum Gasteiger partial charge on any atom is 0.274 e. The van der Waals surface area contributed by atoms with Gasteiger partial charge in [0.15, 0.2) is 0 Å². The number of rotatable bonds is 7. The predicted octanol–water partition coefficient (Wildman–Crippen LogP) is 4.33. The highest BCUT2D eigenvalue weighted by Crippen LogP contribution is 2.33. The molecular formula is C17H17ClN4O2S. The lowest BCUT2D eigenvalue weighted by Crippen LogP contribution is -2.03. The summed E-state index contributed by atoms with van der Waals surface area (Å²) in [6, 6.07) is 9.25. The van der Waals surface area contributed by atoms with Gasteiger partial charge in [-0.15, -0.1) is 0 Å². The van der Waals surface area contributed by atoms with Crippen molar-refractivity contribution in [2.45, 2.75) is 6.92 Å². The first-order valence-corrected chi connectivity index (χ1v) is 8.80. The molecule has 8 heteroatoms. The Balaban J connectivity index is 1.79. The summed E-state index contributed by atoms with van der Waals surface area (Å²) < 4.78 is 10.6. The summed E-state index contributed by atoms with van der Waals surface area (Å²) in [7, 11) is 1.64. The number of thiazole rings is 1. The zero-order valence-electron chi connectivity index (χ0n) is 13.8. The third-order valence-corrected chi connectivity index (χ3v) is 4.59. The number of halogens is 1. The molecule has 0 fully saturated rings. The molecule has 0 aliphatic rings. The summed E-state index contributed by atoms with van der Waals surface area (Å²) in [4.78, 5) is 14.2. The van der Waals surface area contributed by atoms with Crippen LogP contribution in [-0.4, -0.2) is 35.3 Å². The van der Waals surface area contributed by atoms with E-state index in [4.69, 9.17) is 21.1 Å². The molecule has 1 N–H and O–H groups in total. The Labute approximate surface area is 154 Å². The molecule has 130 valence electrons. The van der Waals surface area contributed by atoms with Crippen molar-refractivity contribution < 1.29 is 9.47 Å². The number of benzene rings is 1. The van der Waals surface area contributed by atoms with E-state index in [1.54, 1.807) is 13.3 Å². The number of anilines is 2. The van der Waals surface area contributed by atoms with Gasteiger partial charge in [-0.1, -0.05) is 29.0 Å². The number of hydrogen-bond donors (Lipinski definition) is 1. The largest absolute Gasteiger partial charge is 0.468 e. The van der Waals surface area contributed by atoms with E-state index in [0.29, 0.717) is 29.4 Å². The normalized spacial score (nSPS) is 10.7. The van der Waals surface area contributed by atoms with Crippen molar-refractivity contribution in [1.29, 1.82) is 0 Å². The number of ether oxygens (including phenoxy) is 2. The van der Waals surface area contributed by atoms with E-state index in [0.717, 1.165) is 22.0 Å². The quantitative estimate of drug-likeness (QED) is 0.619. The van der Waals surface area contributed by atoms with Crippen LogP contribution in [0, 0.1) is 6.92 Å². The number of nitrogens with one attached hydrogen (secondary N) is 1. The SMILES string of the molecule is COCCOc1nc(C)c(-c2ccnc(Nc3cccc(Cl)c3)n2)s1. The van der Waals surface area contributed by atoms with Gasteiger partial charge in [-0.25, -0.2) is 15.0 Å². The number of methoxy groups -OCH3 is 1. The van der Waals surface area contributed by atoms with Crippen LogP contribution in [0.2, 0.25) is 5.02 Å². The molecule has 0 radical (unpaired) electrons. The second kappa shape index (κ2) is 8.24. The summed E-state index contributed by atoms with van der Waals surface area (Å²) in [6.07, 6.45) is 1.71. The van der Waals surface area contributed by atoms with Gasteiger partial charge >= 0.3 is 0 Å². The standard InChI is InChI=1S/C17H17ClN4O2S/c1-11-15(25-17(20-11)24-9-8-23-2)14-6-7-19-16(22-14)21-13-5-3-4-12(18)10-13/h3-7,10H,8-9H2,1-2H3,(H,19,21,22). The maximum atomic E-state index is 6.00. The Hall–Kier alpha value is -2.22. The fourth-order valence-electron chi connectivity index (χ4n) is 2.12. The summed E-state index contributed by atoms with van der Waals surface area (Å²) >= 11 is 7.46. The lowest BCUT2D eigenvalue weighted by molar-refractivity contribution is 0.146. The van der Waals surface area contributed by atoms with Gasteiger partial charge in [-0.3, -0.25) is 0 Å². The molecule has 2 aromatic heterocycles. The van der Waals surface area contributed by atoms with Crippen LogP contribution in [-0.2, 0) is 4.74 Å². The van der Waals surface area contributed by atoms with Gasteiger partial charge in [-0.2, -0.15) is 0 Å². The molecule has 3 rings (SSSR count). The molecule has 3 aromatic rings. The smallest absolute Gasteiger partial charge is 0.274 e. The first kappa shape index (κ1) is 17.6. The lowest BCUT2D eigenvalue weighted by atomic mass is 10.3. The fourth-order valence-corrected chi connectivity index (χ4v) is 3.23. The Morgan fingerprint density at radius 3 is 2.88 bits per heavy atom. The molecule has 0 bridgehead atoms. The van der Waals surface area contributed by atoms with Crippen molar-refractivity contribution in [1.82, 2.24) is 15.0 Å². The van der Waals surface area contributed by atoms with Crippen molar-refractivity contribution in [3.8, 4) is 15.8 Å². The molecule has 25 heavy (non-hydrogen) atoms. The molecule has 0 amide bonds. The predicted molar refractivity (Wildman–Crippen MR) is 100.0 cm³/mol. The topological polar surface area (TPSA) is 69.2 Å². The Kier molecular flexibility index (Phi) is 5.80. The monoisotopic (exact) mass is 376 g/mol. The highest BCUT2D eigenvalue weighted by molar-refractivity contribution is 7.17. The third kappa shape index (κ3) is 4.66. The van der Waals surface area contributed by atoms with Crippen LogP contribution in [0.1, 0.15) is 5.69 Å². The lowest BCUT2D eigenvalue weighted by Gasteiger charge is -2.06. The van der Waals surface area contributed by atoms with E-state index >= 15 is 0 Å². The second-order valence-corrected chi connectivity index (χ2v) is 6.53. The molecule has 1 aromatic carbocycles. The van der Waals surface area contributed by atoms with Gasteiger partial charge in [-0.05, 0) is 31.2 Å². The average molecular weight is 377 g/mol. The molecule has 0 saturated carbocycles. The highest BCUT2D eigenvalue weighted by atomic mass is 35.5. The third-order valence-electron chi connectivity index (χ3n) is 3.26. The van der Waals surface area contributed by atoms with E-state index < -0.39 is 0 Å². The summed E-state index contributed by atoms with van der Waals surface area (Å²) in [5.41, 5.74) is 2.48. The van der Waals surface area contributed by atoms with Gasteiger partial charge in [0.05, 0.1) is 22.9 Å². The maximum absolute atomic E-state index is 6.00. The molecule has 6 nitrogen and oxygen atoms in total. The van der Waals surface area contributed by atoms with E-state index in [1.165, 1.54) is 11.3 Å². The van der Waals surface area contributed by atoms with Crippen molar-refractivity contribution in [2.75, 3.05) is 25.6 Å². The second-order valence-electron chi connectivity index (χ2n) is 5.14. The molecule has 0 atom stereocenters. The van der Waals surface area contributed by atoms with Crippen molar-refractivity contribution >= 4 is 34.6 Å². The highest BCUT2D eigenvalue weighted by Gasteiger charge is 2.13. The minimum atomic E-state index is 0.467. The first-order chi connectivity index (χ1) is 12.2. The van der Waals surface area contributed by atoms with Crippen LogP contribution >= 0.6 is 22.9 Å². The number of nitrogens with zero attached hydrogens (tertiary/aromatic N) is 3. The first-order valence-electron chi connectivity index (χ1n) is 7.61. The molecule has 0 aliphatic heterocycles. The van der Waals surface area contributed by atoms with Crippen LogP contribution in [0.25, 0.3) is 10.6 Å². The summed E-state index contributed by atoms with van der Waals surface area (Å²) in [5, 5.41) is 4.41. The molecular weight excluding hydrogens is 360 g/mol. The zero-order chi connectivity index (χ0) is 17.6. The Morgan fingerprint density at radius 2 is 2.08 bits per heavy atom. The Bertz CT molecular complexity index is 856. The van der Waals surface area contributed by atoms with Gasteiger partial charge in [0.2, 0.25) is 5.95 Å². The van der Waals surface area contributed by atoms with Gasteiger partial charge < -0.3 is 14.8 Å². The van der Waals surface area contributed by atoms with E-state index in [9.17, 15) is 0 Å². The summed E-state index contributed by atoms with van der Waals surface area (Å²) in [6.45, 7) is 2.92. The van der Waals surface area contributed by atoms with E-state index in [1.807, 2.05) is 37.3 Å². The minimum Gasteiger partial charge on any atom is -0.468 e. The number of aromatic nitrogens is 3. The zero-order valence-corrected chi connectivity index (χ0v) is 15.4. The van der Waals surface area contributed by atoms with Crippen LogP contribution in [0.3, 0.4) is 0 Å². The molecule has 0 saturated heterocycles. The molecule has 0 spiro atoms. The Morgan fingerprint density at radius 1 is 1.20 bits per heavy atom. The van der Waals surface area contributed by atoms with Gasteiger partial charge in [0.1, 0.15) is 6.61 Å². The number of aryl methyl sites for hydroxylation is 1. The van der Waals surface area contributed by atoms with Crippen molar-refractivity contribution in [3.05, 3.63) is 47.2 Å².